The number of nitrogens with zero attached hydrogens (tertiary/aromatic N) is 1. The van der Waals surface area contributed by atoms with E-state index in [4.69, 9.17) is 5.73 Å². The van der Waals surface area contributed by atoms with Crippen LogP contribution >= 0.6 is 27.3 Å². The molecule has 0 bridgehead atoms. The maximum atomic E-state index is 12.3. The first kappa shape index (κ1) is 19.1. The number of urea groups is 1. The predicted octanol–water partition coefficient (Wildman–Crippen LogP) is 4.55. The summed E-state index contributed by atoms with van der Waals surface area (Å²) < 4.78 is 1.08. The number of nitrogens with one attached hydrogen (secondary N) is 2. The molecule has 3 rings (SSSR count). The molecule has 0 fully saturated rings. The first-order valence-corrected chi connectivity index (χ1v) is 9.69. The van der Waals surface area contributed by atoms with Crippen LogP contribution in [0, 0.1) is 6.92 Å². The molecule has 3 aromatic rings. The van der Waals surface area contributed by atoms with Crippen molar-refractivity contribution < 1.29 is 9.59 Å². The van der Waals surface area contributed by atoms with E-state index >= 15 is 0 Å². The Labute approximate surface area is 168 Å². The largest absolute Gasteiger partial charge is 0.351 e. The number of nitrogens with two attached hydrogens (primary N) is 1. The van der Waals surface area contributed by atoms with Gasteiger partial charge in [-0.25, -0.2) is 9.78 Å². The minimum atomic E-state index is -0.650. The van der Waals surface area contributed by atoms with Crippen LogP contribution in [0.4, 0.5) is 15.6 Å². The third-order valence-electron chi connectivity index (χ3n) is 3.79. The summed E-state index contributed by atoms with van der Waals surface area (Å²) in [5, 5.41) is 5.79. The van der Waals surface area contributed by atoms with Crippen LogP contribution in [0.25, 0.3) is 0 Å². The van der Waals surface area contributed by atoms with Crippen molar-refractivity contribution in [1.29, 1.82) is 0 Å². The number of anilines is 2. The van der Waals surface area contributed by atoms with Gasteiger partial charge in [-0.05, 0) is 48.4 Å². The number of halogens is 1. The number of rotatable bonds is 5. The topological polar surface area (TPSA) is 97.1 Å². The van der Waals surface area contributed by atoms with Crippen molar-refractivity contribution in [3.8, 4) is 0 Å². The molecule has 6 nitrogen and oxygen atoms in total. The lowest BCUT2D eigenvalue weighted by molar-refractivity contribution is 0.102. The second-order valence-electron chi connectivity index (χ2n) is 5.91. The van der Waals surface area contributed by atoms with Crippen LogP contribution in [0.5, 0.6) is 0 Å². The maximum absolute atomic E-state index is 12.3. The van der Waals surface area contributed by atoms with Crippen LogP contribution in [0.3, 0.4) is 0 Å². The van der Waals surface area contributed by atoms with Gasteiger partial charge in [-0.3, -0.25) is 10.1 Å². The zero-order valence-electron chi connectivity index (χ0n) is 14.5. The van der Waals surface area contributed by atoms with Gasteiger partial charge < -0.3 is 11.1 Å². The summed E-state index contributed by atoms with van der Waals surface area (Å²) in [7, 11) is 0. The monoisotopic (exact) mass is 444 g/mol. The fraction of sp³-hybridized carbons (Fsp3) is 0.105. The van der Waals surface area contributed by atoms with Gasteiger partial charge >= 0.3 is 6.03 Å². The molecule has 1 heterocycles. The number of aromatic nitrogens is 1. The van der Waals surface area contributed by atoms with Crippen LogP contribution in [0.1, 0.15) is 26.4 Å². The van der Waals surface area contributed by atoms with E-state index in [2.05, 4.69) is 50.6 Å². The summed E-state index contributed by atoms with van der Waals surface area (Å²) in [4.78, 5) is 28.5. The van der Waals surface area contributed by atoms with E-state index < -0.39 is 6.03 Å². The molecule has 1 aromatic heterocycles. The van der Waals surface area contributed by atoms with Crippen molar-refractivity contribution >= 4 is 50.0 Å². The molecule has 4 N–H and O–H groups in total. The second-order valence-corrected chi connectivity index (χ2v) is 7.88. The second kappa shape index (κ2) is 8.32. The number of hydrogen-bond donors (Lipinski definition) is 3. The van der Waals surface area contributed by atoms with Crippen LogP contribution in [-0.4, -0.2) is 16.9 Å². The SMILES string of the molecule is Cc1cc(Cc2cnc(NC(=O)c3ccc(NC(N)=O)cc3)s2)ccc1Br. The molecule has 2 aromatic carbocycles. The Morgan fingerprint density at radius 2 is 1.89 bits per heavy atom. The molecule has 8 heteroatoms. The highest BCUT2D eigenvalue weighted by atomic mass is 79.9. The minimum absolute atomic E-state index is 0.263. The Hall–Kier alpha value is -2.71. The van der Waals surface area contributed by atoms with Crippen molar-refractivity contribution in [3.05, 3.63) is 74.7 Å². The third-order valence-corrected chi connectivity index (χ3v) is 5.59. The van der Waals surface area contributed by atoms with Gasteiger partial charge in [0.15, 0.2) is 5.13 Å². The fourth-order valence-electron chi connectivity index (χ4n) is 2.48. The molecule has 0 radical (unpaired) electrons. The number of primary amides is 1. The quantitative estimate of drug-likeness (QED) is 0.538. The molecule has 0 saturated heterocycles. The van der Waals surface area contributed by atoms with Crippen molar-refractivity contribution in [2.45, 2.75) is 13.3 Å². The Kier molecular flexibility index (Phi) is 5.88. The van der Waals surface area contributed by atoms with E-state index in [1.54, 1.807) is 30.5 Å². The van der Waals surface area contributed by atoms with Crippen molar-refractivity contribution in [2.75, 3.05) is 10.6 Å². The highest BCUT2D eigenvalue weighted by Gasteiger charge is 2.10. The average molecular weight is 445 g/mol. The van der Waals surface area contributed by atoms with Crippen LogP contribution in [0.15, 0.2) is 53.1 Å². The molecule has 27 heavy (non-hydrogen) atoms. The zero-order valence-corrected chi connectivity index (χ0v) is 16.9. The van der Waals surface area contributed by atoms with Gasteiger partial charge in [0.1, 0.15) is 0 Å². The van der Waals surface area contributed by atoms with E-state index in [1.165, 1.54) is 22.5 Å². The van der Waals surface area contributed by atoms with Crippen molar-refractivity contribution in [3.63, 3.8) is 0 Å². The lowest BCUT2D eigenvalue weighted by Gasteiger charge is -2.04. The molecule has 0 atom stereocenters. The molecule has 0 saturated carbocycles. The number of carbonyl (C=O) groups excluding carboxylic acids is 2. The summed E-state index contributed by atoms with van der Waals surface area (Å²) in [6.45, 7) is 2.05. The number of benzene rings is 2. The van der Waals surface area contributed by atoms with Gasteiger partial charge in [-0.2, -0.15) is 0 Å². The standard InChI is InChI=1S/C19H17BrN4O2S/c1-11-8-12(2-7-16(11)20)9-15-10-22-19(27-15)24-17(25)13-3-5-14(6-4-13)23-18(21)26/h2-8,10H,9H2,1H3,(H3,21,23,26)(H,22,24,25). The highest BCUT2D eigenvalue weighted by molar-refractivity contribution is 9.10. The molecule has 0 aliphatic heterocycles. The summed E-state index contributed by atoms with van der Waals surface area (Å²) in [5.74, 6) is -0.263. The van der Waals surface area contributed by atoms with E-state index in [9.17, 15) is 9.59 Å². The summed E-state index contributed by atoms with van der Waals surface area (Å²) in [6.07, 6.45) is 2.53. The third kappa shape index (κ3) is 5.15. The molecule has 3 amide bonds. The normalized spacial score (nSPS) is 10.4. The Bertz CT molecular complexity index is 986. The molecular weight excluding hydrogens is 428 g/mol. The van der Waals surface area contributed by atoms with Crippen molar-refractivity contribution in [1.82, 2.24) is 4.98 Å². The number of carbonyl (C=O) groups is 2. The van der Waals surface area contributed by atoms with E-state index in [0.717, 1.165) is 15.8 Å². The van der Waals surface area contributed by atoms with Crippen LogP contribution < -0.4 is 16.4 Å². The van der Waals surface area contributed by atoms with Crippen LogP contribution in [-0.2, 0) is 6.42 Å². The Morgan fingerprint density at radius 1 is 1.15 bits per heavy atom. The maximum Gasteiger partial charge on any atom is 0.316 e. The van der Waals surface area contributed by atoms with Gasteiger partial charge in [-0.15, -0.1) is 11.3 Å². The highest BCUT2D eigenvalue weighted by Crippen LogP contribution is 2.24. The molecule has 138 valence electrons. The van der Waals surface area contributed by atoms with Gasteiger partial charge in [0, 0.05) is 33.2 Å². The number of amides is 3. The Morgan fingerprint density at radius 3 is 2.56 bits per heavy atom. The van der Waals surface area contributed by atoms with Gasteiger partial charge in [0.2, 0.25) is 0 Å². The zero-order chi connectivity index (χ0) is 19.4. The van der Waals surface area contributed by atoms with Gasteiger partial charge in [-0.1, -0.05) is 28.1 Å². The van der Waals surface area contributed by atoms with E-state index in [1.807, 2.05) is 6.07 Å². The first-order chi connectivity index (χ1) is 12.9. The van der Waals surface area contributed by atoms with E-state index in [0.29, 0.717) is 16.4 Å². The molecule has 0 unspecified atom stereocenters. The van der Waals surface area contributed by atoms with E-state index in [-0.39, 0.29) is 5.91 Å². The number of hydrogen-bond acceptors (Lipinski definition) is 4. The molecule has 0 spiro atoms. The van der Waals surface area contributed by atoms with Gasteiger partial charge in [0.25, 0.3) is 5.91 Å². The van der Waals surface area contributed by atoms with Gasteiger partial charge in [0.05, 0.1) is 0 Å². The minimum Gasteiger partial charge on any atom is -0.351 e. The molecule has 0 aliphatic carbocycles. The molecular formula is C19H17BrN4O2S. The average Bonchev–Trinajstić information content (AvgIpc) is 3.05. The Balaban J connectivity index is 1.63. The number of thiazole rings is 1. The van der Waals surface area contributed by atoms with Crippen LogP contribution in [0.2, 0.25) is 0 Å². The lowest BCUT2D eigenvalue weighted by Crippen LogP contribution is -2.19. The smallest absolute Gasteiger partial charge is 0.316 e. The summed E-state index contributed by atoms with van der Waals surface area (Å²) in [5.41, 5.74) is 8.42. The lowest BCUT2D eigenvalue weighted by atomic mass is 10.1. The first-order valence-electron chi connectivity index (χ1n) is 8.08. The summed E-state index contributed by atoms with van der Waals surface area (Å²) in [6, 6.07) is 12.0. The summed E-state index contributed by atoms with van der Waals surface area (Å²) >= 11 is 4.94. The molecule has 0 aliphatic rings. The number of aryl methyl sites for hydroxylation is 1. The predicted molar refractivity (Wildman–Crippen MR) is 111 cm³/mol. The fourth-order valence-corrected chi connectivity index (χ4v) is 3.57. The van der Waals surface area contributed by atoms with Crippen molar-refractivity contribution in [2.24, 2.45) is 5.73 Å².